The molecule has 0 saturated carbocycles. The molecule has 2 atom stereocenters. The van der Waals surface area contributed by atoms with Crippen LogP contribution in [0.4, 0.5) is 0 Å². The molecule has 2 unspecified atom stereocenters. The number of hydrogen-bond acceptors (Lipinski definition) is 5. The van der Waals surface area contributed by atoms with Crippen LogP contribution in [0.25, 0.3) is 10.9 Å². The Hall–Kier alpha value is -2.21. The van der Waals surface area contributed by atoms with E-state index in [-0.39, 0.29) is 18.0 Å². The lowest BCUT2D eigenvalue weighted by Crippen LogP contribution is -2.63. The van der Waals surface area contributed by atoms with Crippen LogP contribution in [0, 0.1) is 5.92 Å². The van der Waals surface area contributed by atoms with Gasteiger partial charge < -0.3 is 4.74 Å². The van der Waals surface area contributed by atoms with Gasteiger partial charge in [0.2, 0.25) is 0 Å². The topological polar surface area (TPSA) is 64.4 Å². The number of Topliss-reactive ketones (excluding diaryl/α,β-unsaturated/α-hetero) is 1. The number of ketones is 1. The Morgan fingerprint density at radius 1 is 1.16 bits per heavy atom. The molecule has 0 spiro atoms. The molecule has 4 bridgehead atoms. The zero-order valence-electron chi connectivity index (χ0n) is 14.2. The zero-order valence-corrected chi connectivity index (χ0v) is 14.2. The van der Waals surface area contributed by atoms with Crippen molar-refractivity contribution in [2.75, 3.05) is 6.54 Å². The Morgan fingerprint density at radius 2 is 1.88 bits per heavy atom. The molecule has 25 heavy (non-hydrogen) atoms. The molecular formula is C19H21N3O3. The molecule has 4 aliphatic heterocycles. The summed E-state index contributed by atoms with van der Waals surface area (Å²) in [6, 6.07) is 8.47. The number of carbonyl (C=O) groups is 2. The summed E-state index contributed by atoms with van der Waals surface area (Å²) >= 11 is 0. The first-order valence-electron chi connectivity index (χ1n) is 9.01. The Labute approximate surface area is 145 Å². The molecule has 1 aromatic carbocycles. The van der Waals surface area contributed by atoms with Gasteiger partial charge in [-0.2, -0.15) is 5.10 Å². The van der Waals surface area contributed by atoms with Crippen LogP contribution in [-0.2, 0) is 16.6 Å². The minimum absolute atomic E-state index is 0.0753. The second kappa shape index (κ2) is 5.39. The summed E-state index contributed by atoms with van der Waals surface area (Å²) in [6.45, 7) is 0.589. The highest BCUT2D eigenvalue weighted by Crippen LogP contribution is 2.42. The fourth-order valence-corrected chi connectivity index (χ4v) is 4.99. The monoisotopic (exact) mass is 339 g/mol. The summed E-state index contributed by atoms with van der Waals surface area (Å²) in [5.41, 5.74) is 1.32. The van der Waals surface area contributed by atoms with Crippen molar-refractivity contribution in [3.63, 3.8) is 0 Å². The third-order valence-corrected chi connectivity index (χ3v) is 6.14. The third-order valence-electron chi connectivity index (χ3n) is 6.14. The largest absolute Gasteiger partial charge is 0.457 e. The summed E-state index contributed by atoms with van der Waals surface area (Å²) < 4.78 is 7.56. The lowest BCUT2D eigenvalue weighted by Gasteiger charge is -2.54. The van der Waals surface area contributed by atoms with Crippen LogP contribution in [0.5, 0.6) is 0 Å². The van der Waals surface area contributed by atoms with Gasteiger partial charge in [-0.1, -0.05) is 18.2 Å². The number of rotatable bonds is 2. The van der Waals surface area contributed by atoms with Crippen LogP contribution in [0.15, 0.2) is 24.3 Å². The number of carbonyl (C=O) groups excluding carboxylic acids is 2. The molecule has 4 saturated heterocycles. The number of esters is 1. The number of hydrogen-bond donors (Lipinski definition) is 0. The van der Waals surface area contributed by atoms with E-state index in [1.54, 1.807) is 4.68 Å². The van der Waals surface area contributed by atoms with Gasteiger partial charge in [-0.05, 0) is 18.9 Å². The summed E-state index contributed by atoms with van der Waals surface area (Å²) in [6.07, 6.45) is 3.44. The Balaban J connectivity index is 1.34. The first-order chi connectivity index (χ1) is 12.1. The Morgan fingerprint density at radius 3 is 2.60 bits per heavy atom. The number of piperidine rings is 4. The second-order valence-corrected chi connectivity index (χ2v) is 7.60. The van der Waals surface area contributed by atoms with Gasteiger partial charge in [-0.15, -0.1) is 0 Å². The standard InChI is InChI=1S/C19H21N3O3/c1-21-16-5-3-2-4-15(16)18(20-21)19(24)25-14-8-12-6-11-7-13(9-14)22(12)10-17(11)23/h2-5,11-14H,6-10H2,1H3. The molecule has 5 heterocycles. The van der Waals surface area contributed by atoms with Crippen LogP contribution in [0.3, 0.4) is 0 Å². The molecule has 6 rings (SSSR count). The minimum atomic E-state index is -0.335. The van der Waals surface area contributed by atoms with E-state index in [0.717, 1.165) is 36.6 Å². The Bertz CT molecular complexity index is 858. The van der Waals surface area contributed by atoms with E-state index < -0.39 is 0 Å². The van der Waals surface area contributed by atoms with E-state index >= 15 is 0 Å². The first kappa shape index (κ1) is 15.1. The normalized spacial score (nSPS) is 33.6. The second-order valence-electron chi connectivity index (χ2n) is 7.60. The van der Waals surface area contributed by atoms with E-state index in [9.17, 15) is 9.59 Å². The number of aryl methyl sites for hydroxylation is 1. The van der Waals surface area contributed by atoms with E-state index in [4.69, 9.17) is 4.74 Å². The van der Waals surface area contributed by atoms with Crippen LogP contribution in [0.2, 0.25) is 0 Å². The van der Waals surface area contributed by atoms with Gasteiger partial charge in [0.25, 0.3) is 0 Å². The summed E-state index contributed by atoms with van der Waals surface area (Å²) in [5.74, 6) is 0.289. The average molecular weight is 339 g/mol. The molecule has 0 radical (unpaired) electrons. The molecule has 0 aliphatic carbocycles. The number of nitrogens with zero attached hydrogens (tertiary/aromatic N) is 3. The van der Waals surface area contributed by atoms with Crippen LogP contribution in [-0.4, -0.2) is 51.2 Å². The maximum absolute atomic E-state index is 12.7. The molecule has 4 aliphatic rings. The van der Waals surface area contributed by atoms with Crippen molar-refractivity contribution in [2.45, 2.75) is 43.9 Å². The predicted octanol–water partition coefficient (Wildman–Crippen LogP) is 1.92. The fourth-order valence-electron chi connectivity index (χ4n) is 4.99. The van der Waals surface area contributed by atoms with Crippen LogP contribution >= 0.6 is 0 Å². The molecule has 0 N–H and O–H groups in total. The lowest BCUT2D eigenvalue weighted by molar-refractivity contribution is -0.145. The summed E-state index contributed by atoms with van der Waals surface area (Å²) in [7, 11) is 1.84. The average Bonchev–Trinajstić information content (AvgIpc) is 2.92. The molecule has 0 amide bonds. The smallest absolute Gasteiger partial charge is 0.359 e. The number of benzene rings is 1. The highest BCUT2D eigenvalue weighted by Gasteiger charge is 2.49. The molecule has 6 heteroatoms. The number of aromatic nitrogens is 2. The maximum atomic E-state index is 12.7. The predicted molar refractivity (Wildman–Crippen MR) is 91.2 cm³/mol. The number of ether oxygens (including phenoxy) is 1. The SMILES string of the molecule is Cn1nc(C(=O)OC2CC3CC4CC(C2)N3CC4=O)c2ccccc21. The molecule has 130 valence electrons. The maximum Gasteiger partial charge on any atom is 0.359 e. The lowest BCUT2D eigenvalue weighted by atomic mass is 9.72. The molecular weight excluding hydrogens is 318 g/mol. The van der Waals surface area contributed by atoms with Gasteiger partial charge in [0, 0.05) is 43.3 Å². The van der Waals surface area contributed by atoms with Crippen LogP contribution in [0.1, 0.15) is 36.2 Å². The fraction of sp³-hybridized carbons (Fsp3) is 0.526. The summed E-state index contributed by atoms with van der Waals surface area (Å²) in [5, 5.41) is 5.20. The molecule has 4 fully saturated rings. The van der Waals surface area contributed by atoms with E-state index in [0.29, 0.717) is 30.1 Å². The van der Waals surface area contributed by atoms with Gasteiger partial charge >= 0.3 is 5.97 Å². The highest BCUT2D eigenvalue weighted by molar-refractivity contribution is 6.02. The van der Waals surface area contributed by atoms with Gasteiger partial charge in [0.1, 0.15) is 11.9 Å². The minimum Gasteiger partial charge on any atom is -0.457 e. The number of fused-ring (bicyclic) bond motifs is 2. The van der Waals surface area contributed by atoms with Crippen molar-refractivity contribution in [1.82, 2.24) is 14.7 Å². The molecule has 6 nitrogen and oxygen atoms in total. The van der Waals surface area contributed by atoms with Gasteiger partial charge in [0.15, 0.2) is 5.69 Å². The van der Waals surface area contributed by atoms with Crippen molar-refractivity contribution in [2.24, 2.45) is 13.0 Å². The zero-order chi connectivity index (χ0) is 17.1. The van der Waals surface area contributed by atoms with E-state index in [2.05, 4.69) is 10.00 Å². The number of para-hydroxylation sites is 1. The highest BCUT2D eigenvalue weighted by atomic mass is 16.5. The van der Waals surface area contributed by atoms with Gasteiger partial charge in [-0.25, -0.2) is 4.79 Å². The van der Waals surface area contributed by atoms with Crippen molar-refractivity contribution < 1.29 is 14.3 Å². The van der Waals surface area contributed by atoms with E-state index in [1.807, 2.05) is 31.3 Å². The third kappa shape index (κ3) is 2.31. The summed E-state index contributed by atoms with van der Waals surface area (Å²) in [4.78, 5) is 27.0. The molecule has 2 aromatic rings. The molecule has 1 aromatic heterocycles. The van der Waals surface area contributed by atoms with E-state index in [1.165, 1.54) is 0 Å². The van der Waals surface area contributed by atoms with Gasteiger partial charge in [-0.3, -0.25) is 14.4 Å². The van der Waals surface area contributed by atoms with Crippen molar-refractivity contribution in [3.8, 4) is 0 Å². The first-order valence-corrected chi connectivity index (χ1v) is 9.01. The van der Waals surface area contributed by atoms with Crippen molar-refractivity contribution in [3.05, 3.63) is 30.0 Å². The van der Waals surface area contributed by atoms with Crippen molar-refractivity contribution >= 4 is 22.7 Å². The quantitative estimate of drug-likeness (QED) is 0.782. The van der Waals surface area contributed by atoms with Crippen molar-refractivity contribution in [1.29, 1.82) is 0 Å². The Kier molecular flexibility index (Phi) is 3.25. The van der Waals surface area contributed by atoms with Crippen LogP contribution < -0.4 is 0 Å². The van der Waals surface area contributed by atoms with Gasteiger partial charge in [0.05, 0.1) is 12.1 Å².